The molecule has 0 bridgehead atoms. The van der Waals surface area contributed by atoms with E-state index in [-0.39, 0.29) is 41.8 Å². The monoisotopic (exact) mass is 366 g/mol. The highest BCUT2D eigenvalue weighted by atomic mass is 35.5. The topological polar surface area (TPSA) is 66.5 Å². The van der Waals surface area contributed by atoms with Crippen molar-refractivity contribution in [1.29, 1.82) is 0 Å². The third-order valence-corrected chi connectivity index (χ3v) is 7.21. The highest BCUT2D eigenvalue weighted by Crippen LogP contribution is 2.26. The molecule has 0 spiro atoms. The van der Waals surface area contributed by atoms with Gasteiger partial charge in [0.15, 0.2) is 9.84 Å². The van der Waals surface area contributed by atoms with Crippen LogP contribution in [-0.2, 0) is 14.6 Å². The van der Waals surface area contributed by atoms with E-state index in [9.17, 15) is 13.2 Å². The van der Waals surface area contributed by atoms with Crippen molar-refractivity contribution >= 4 is 28.2 Å². The average molecular weight is 367 g/mol. The van der Waals surface area contributed by atoms with Crippen LogP contribution in [0.1, 0.15) is 58.3 Å². The van der Waals surface area contributed by atoms with Crippen LogP contribution in [0.3, 0.4) is 0 Å². The molecule has 5 nitrogen and oxygen atoms in total. The fourth-order valence-corrected chi connectivity index (χ4v) is 5.50. The van der Waals surface area contributed by atoms with Crippen LogP contribution >= 0.6 is 12.4 Å². The molecule has 0 aromatic carbocycles. The predicted molar refractivity (Wildman–Crippen MR) is 95.8 cm³/mol. The molecule has 1 aliphatic carbocycles. The fourth-order valence-electron chi connectivity index (χ4n) is 3.66. The quantitative estimate of drug-likeness (QED) is 0.749. The molecular weight excluding hydrogens is 336 g/mol. The summed E-state index contributed by atoms with van der Waals surface area (Å²) >= 11 is 0. The van der Waals surface area contributed by atoms with E-state index in [1.807, 2.05) is 4.90 Å². The Morgan fingerprint density at radius 2 is 1.74 bits per heavy atom. The zero-order chi connectivity index (χ0) is 16.0. The number of carbonyl (C=O) groups excluding carboxylic acids is 1. The van der Waals surface area contributed by atoms with Gasteiger partial charge in [-0.25, -0.2) is 8.42 Å². The third-order valence-electron chi connectivity index (χ3n) is 4.94. The summed E-state index contributed by atoms with van der Waals surface area (Å²) in [6.45, 7) is 4.70. The zero-order valence-electron chi connectivity index (χ0n) is 14.1. The number of nitrogens with one attached hydrogen (secondary N) is 1. The van der Waals surface area contributed by atoms with E-state index in [1.165, 1.54) is 0 Å². The van der Waals surface area contributed by atoms with Gasteiger partial charge >= 0.3 is 0 Å². The van der Waals surface area contributed by atoms with E-state index in [0.29, 0.717) is 0 Å². The number of hydrogen-bond donors (Lipinski definition) is 1. The van der Waals surface area contributed by atoms with Crippen LogP contribution in [-0.4, -0.2) is 55.9 Å². The molecule has 1 saturated heterocycles. The molecule has 1 N–H and O–H groups in total. The molecular formula is C16H31ClN2O3S. The van der Waals surface area contributed by atoms with Gasteiger partial charge in [-0.2, -0.15) is 0 Å². The summed E-state index contributed by atoms with van der Waals surface area (Å²) in [4.78, 5) is 14.5. The zero-order valence-corrected chi connectivity index (χ0v) is 15.8. The smallest absolute Gasteiger partial charge is 0.223 e. The van der Waals surface area contributed by atoms with Gasteiger partial charge in [0.05, 0.1) is 11.0 Å². The molecule has 1 saturated carbocycles. The maximum Gasteiger partial charge on any atom is 0.223 e. The minimum atomic E-state index is -3.09. The van der Waals surface area contributed by atoms with Gasteiger partial charge in [0.2, 0.25) is 5.91 Å². The van der Waals surface area contributed by atoms with Gasteiger partial charge in [-0.3, -0.25) is 4.79 Å². The molecule has 23 heavy (non-hydrogen) atoms. The van der Waals surface area contributed by atoms with Crippen LogP contribution in [0.15, 0.2) is 0 Å². The number of piperidine rings is 1. The Bertz CT molecular complexity index is 458. The first-order valence-corrected chi connectivity index (χ1v) is 10.5. The minimum Gasteiger partial charge on any atom is -0.340 e. The summed E-state index contributed by atoms with van der Waals surface area (Å²) in [5, 5.41) is 3.11. The number of halogens is 1. The van der Waals surface area contributed by atoms with Gasteiger partial charge in [-0.1, -0.05) is 19.8 Å². The van der Waals surface area contributed by atoms with E-state index in [4.69, 9.17) is 0 Å². The van der Waals surface area contributed by atoms with Gasteiger partial charge in [0, 0.05) is 19.0 Å². The van der Waals surface area contributed by atoms with Crippen LogP contribution in [0.5, 0.6) is 0 Å². The molecule has 1 amide bonds. The first-order valence-electron chi connectivity index (χ1n) is 8.76. The second-order valence-electron chi connectivity index (χ2n) is 6.59. The molecule has 2 fully saturated rings. The molecule has 1 aliphatic heterocycles. The van der Waals surface area contributed by atoms with Gasteiger partial charge in [0.25, 0.3) is 0 Å². The van der Waals surface area contributed by atoms with Crippen LogP contribution in [0.2, 0.25) is 0 Å². The van der Waals surface area contributed by atoms with Crippen molar-refractivity contribution in [2.75, 3.05) is 25.4 Å². The molecule has 1 heterocycles. The highest BCUT2D eigenvalue weighted by Gasteiger charge is 2.30. The van der Waals surface area contributed by atoms with E-state index < -0.39 is 9.84 Å². The minimum absolute atomic E-state index is 0. The van der Waals surface area contributed by atoms with Crippen molar-refractivity contribution in [2.45, 2.75) is 69.6 Å². The van der Waals surface area contributed by atoms with Crippen molar-refractivity contribution in [2.24, 2.45) is 0 Å². The molecule has 0 radical (unpaired) electrons. The van der Waals surface area contributed by atoms with Crippen LogP contribution < -0.4 is 5.32 Å². The van der Waals surface area contributed by atoms with Crippen molar-refractivity contribution in [3.05, 3.63) is 0 Å². The molecule has 2 rings (SSSR count). The molecule has 7 heteroatoms. The Kier molecular flexibility index (Phi) is 8.86. The van der Waals surface area contributed by atoms with Gasteiger partial charge in [-0.05, 0) is 45.2 Å². The second kappa shape index (κ2) is 9.84. The number of rotatable bonds is 7. The van der Waals surface area contributed by atoms with Gasteiger partial charge < -0.3 is 10.2 Å². The maximum atomic E-state index is 12.5. The summed E-state index contributed by atoms with van der Waals surface area (Å²) < 4.78 is 24.6. The third kappa shape index (κ3) is 5.91. The fraction of sp³-hybridized carbons (Fsp3) is 0.938. The van der Waals surface area contributed by atoms with Gasteiger partial charge in [0.1, 0.15) is 0 Å². The first-order chi connectivity index (χ1) is 10.5. The van der Waals surface area contributed by atoms with Crippen molar-refractivity contribution in [3.63, 3.8) is 0 Å². The van der Waals surface area contributed by atoms with Crippen molar-refractivity contribution in [1.82, 2.24) is 10.2 Å². The Balaban J connectivity index is 0.00000264. The molecule has 2 aliphatic rings. The number of carbonyl (C=O) groups is 1. The van der Waals surface area contributed by atoms with Crippen molar-refractivity contribution < 1.29 is 13.2 Å². The summed E-state index contributed by atoms with van der Waals surface area (Å²) in [6.07, 6.45) is 6.60. The summed E-state index contributed by atoms with van der Waals surface area (Å²) in [7, 11) is -3.09. The number of nitrogens with zero attached hydrogens (tertiary/aromatic N) is 1. The van der Waals surface area contributed by atoms with Crippen molar-refractivity contribution in [3.8, 4) is 0 Å². The molecule has 0 aromatic rings. The van der Waals surface area contributed by atoms with E-state index in [2.05, 4.69) is 12.2 Å². The summed E-state index contributed by atoms with van der Waals surface area (Å²) in [5.41, 5.74) is 0. The lowest BCUT2D eigenvalue weighted by molar-refractivity contribution is -0.133. The lowest BCUT2D eigenvalue weighted by atomic mass is 10.0. The Labute approximate surface area is 146 Å². The molecule has 136 valence electrons. The maximum absolute atomic E-state index is 12.5. The Morgan fingerprint density at radius 1 is 1.13 bits per heavy atom. The largest absolute Gasteiger partial charge is 0.340 e. The summed E-state index contributed by atoms with van der Waals surface area (Å²) in [6, 6.07) is 0.280. The molecule has 0 unspecified atom stereocenters. The number of amides is 1. The van der Waals surface area contributed by atoms with E-state index in [0.717, 1.165) is 64.6 Å². The Morgan fingerprint density at radius 3 is 2.30 bits per heavy atom. The standard InChI is InChI=1S/C16H30N2O3S.ClH/c1-2-12-18(14-7-10-17-11-8-14)16(19)9-13-22(20,21)15-5-3-4-6-15;/h14-15,17H,2-13H2,1H3;1H. The van der Waals surface area contributed by atoms with E-state index in [1.54, 1.807) is 0 Å². The summed E-state index contributed by atoms with van der Waals surface area (Å²) in [5.74, 6) is 0.0529. The first kappa shape index (κ1) is 20.7. The lowest BCUT2D eigenvalue weighted by Crippen LogP contribution is -2.47. The lowest BCUT2D eigenvalue weighted by Gasteiger charge is -2.34. The predicted octanol–water partition coefficient (Wildman–Crippen LogP) is 2.15. The van der Waals surface area contributed by atoms with Crippen LogP contribution in [0.25, 0.3) is 0 Å². The molecule has 0 atom stereocenters. The average Bonchev–Trinajstić information content (AvgIpc) is 3.06. The number of sulfone groups is 1. The van der Waals surface area contributed by atoms with Gasteiger partial charge in [-0.15, -0.1) is 12.4 Å². The second-order valence-corrected chi connectivity index (χ2v) is 8.99. The van der Waals surface area contributed by atoms with E-state index >= 15 is 0 Å². The van der Waals surface area contributed by atoms with Crippen LogP contribution in [0, 0.1) is 0 Å². The normalized spacial score (nSPS) is 20.2. The Hall–Kier alpha value is -0.330. The SMILES string of the molecule is CCCN(C(=O)CCS(=O)(=O)C1CCCC1)C1CCNCC1.Cl. The molecule has 0 aromatic heterocycles. The van der Waals surface area contributed by atoms with Crippen LogP contribution in [0.4, 0.5) is 0 Å². The highest BCUT2D eigenvalue weighted by molar-refractivity contribution is 7.92. The number of hydrogen-bond acceptors (Lipinski definition) is 4.